The molecule has 1 atom stereocenters. The Hall–Kier alpha value is -3.35. The summed E-state index contributed by atoms with van der Waals surface area (Å²) in [6.45, 7) is 0.634. The van der Waals surface area contributed by atoms with Gasteiger partial charge in [0.15, 0.2) is 0 Å². The molecular weight excluding hydrogens is 408 g/mol. The Morgan fingerprint density at radius 1 is 1.00 bits per heavy atom. The number of carbonyl (C=O) groups is 3. The highest BCUT2D eigenvalue weighted by molar-refractivity contribution is 5.83. The van der Waals surface area contributed by atoms with E-state index in [1.54, 1.807) is 4.90 Å². The van der Waals surface area contributed by atoms with Gasteiger partial charge in [-0.1, -0.05) is 48.5 Å². The summed E-state index contributed by atoms with van der Waals surface area (Å²) in [5, 5.41) is 11.5. The van der Waals surface area contributed by atoms with Gasteiger partial charge in [-0.2, -0.15) is 0 Å². The summed E-state index contributed by atoms with van der Waals surface area (Å²) in [6, 6.07) is 16.1. The van der Waals surface area contributed by atoms with Crippen molar-refractivity contribution in [2.45, 2.75) is 44.1 Å². The Morgan fingerprint density at radius 2 is 1.66 bits per heavy atom. The molecule has 1 heterocycles. The lowest BCUT2D eigenvalue weighted by Gasteiger charge is -2.35. The number of ether oxygens (including phenoxy) is 1. The normalized spacial score (nSPS) is 17.4. The molecule has 2 N–H and O–H groups in total. The Kier molecular flexibility index (Phi) is 6.73. The predicted molar refractivity (Wildman–Crippen MR) is 119 cm³/mol. The molecule has 32 heavy (non-hydrogen) atoms. The number of piperidine rings is 1. The number of nitrogens with zero attached hydrogens (tertiary/aromatic N) is 1. The molecule has 4 rings (SSSR count). The third-order valence-corrected chi connectivity index (χ3v) is 6.37. The molecule has 2 aliphatic rings. The second-order valence-electron chi connectivity index (χ2n) is 8.35. The molecule has 1 aliphatic carbocycles. The molecule has 0 radical (unpaired) electrons. The topological polar surface area (TPSA) is 95.9 Å². The summed E-state index contributed by atoms with van der Waals surface area (Å²) >= 11 is 0. The summed E-state index contributed by atoms with van der Waals surface area (Å²) in [7, 11) is 0. The van der Waals surface area contributed by atoms with E-state index in [4.69, 9.17) is 9.84 Å². The standard InChI is InChI=1S/C25H28N2O5/c28-23(27-14-6-5-7-17(27)12-13-24(29)30)15-26-25(31)32-16-22-20-10-3-1-8-18(20)19-9-2-4-11-21(19)22/h1-4,8-11,17,22H,5-7,12-16H2,(H,26,31)(H,29,30). The number of carbonyl (C=O) groups excluding carboxylic acids is 2. The van der Waals surface area contributed by atoms with Crippen LogP contribution in [0.25, 0.3) is 11.1 Å². The van der Waals surface area contributed by atoms with Gasteiger partial charge in [0.2, 0.25) is 5.91 Å². The van der Waals surface area contributed by atoms with Gasteiger partial charge in [-0.15, -0.1) is 0 Å². The van der Waals surface area contributed by atoms with Crippen molar-refractivity contribution in [1.29, 1.82) is 0 Å². The van der Waals surface area contributed by atoms with Crippen molar-refractivity contribution in [3.05, 3.63) is 59.7 Å². The minimum Gasteiger partial charge on any atom is -0.481 e. The van der Waals surface area contributed by atoms with Crippen LogP contribution >= 0.6 is 0 Å². The molecule has 1 saturated heterocycles. The average Bonchev–Trinajstić information content (AvgIpc) is 3.14. The summed E-state index contributed by atoms with van der Waals surface area (Å²) in [4.78, 5) is 37.6. The van der Waals surface area contributed by atoms with Crippen LogP contribution in [0.5, 0.6) is 0 Å². The molecule has 1 aliphatic heterocycles. The fraction of sp³-hybridized carbons (Fsp3) is 0.400. The zero-order valence-corrected chi connectivity index (χ0v) is 18.0. The number of nitrogens with one attached hydrogen (secondary N) is 1. The van der Waals surface area contributed by atoms with Crippen molar-refractivity contribution in [2.24, 2.45) is 0 Å². The van der Waals surface area contributed by atoms with E-state index in [0.29, 0.717) is 13.0 Å². The first-order chi connectivity index (χ1) is 15.5. The molecule has 7 heteroatoms. The molecule has 7 nitrogen and oxygen atoms in total. The number of alkyl carbamates (subject to hydrolysis) is 1. The molecule has 168 valence electrons. The van der Waals surface area contributed by atoms with Gasteiger partial charge in [-0.25, -0.2) is 4.79 Å². The lowest BCUT2D eigenvalue weighted by molar-refractivity contribution is -0.139. The van der Waals surface area contributed by atoms with Crippen LogP contribution in [0.3, 0.4) is 0 Å². The van der Waals surface area contributed by atoms with E-state index in [0.717, 1.165) is 41.5 Å². The highest BCUT2D eigenvalue weighted by Gasteiger charge is 2.30. The Bertz CT molecular complexity index is 960. The third kappa shape index (κ3) is 4.77. The number of hydrogen-bond donors (Lipinski definition) is 2. The van der Waals surface area contributed by atoms with Gasteiger partial charge in [0.25, 0.3) is 0 Å². The largest absolute Gasteiger partial charge is 0.481 e. The second-order valence-corrected chi connectivity index (χ2v) is 8.35. The number of carboxylic acid groups (broad SMARTS) is 1. The van der Waals surface area contributed by atoms with Gasteiger partial charge >= 0.3 is 12.1 Å². The van der Waals surface area contributed by atoms with Crippen molar-refractivity contribution >= 4 is 18.0 Å². The number of fused-ring (bicyclic) bond motifs is 3. The number of amides is 2. The zero-order chi connectivity index (χ0) is 22.5. The molecule has 2 amide bonds. The molecule has 0 saturated carbocycles. The molecule has 1 fully saturated rings. The number of likely N-dealkylation sites (tertiary alicyclic amines) is 1. The average molecular weight is 437 g/mol. The van der Waals surface area contributed by atoms with Crippen molar-refractivity contribution in [1.82, 2.24) is 10.2 Å². The van der Waals surface area contributed by atoms with E-state index in [2.05, 4.69) is 29.6 Å². The second kappa shape index (κ2) is 9.85. The number of carboxylic acids is 1. The monoisotopic (exact) mass is 436 g/mol. The molecule has 1 unspecified atom stereocenters. The fourth-order valence-corrected chi connectivity index (χ4v) is 4.82. The minimum atomic E-state index is -0.861. The molecule has 2 aromatic rings. The maximum atomic E-state index is 12.7. The lowest BCUT2D eigenvalue weighted by atomic mass is 9.98. The first-order valence-electron chi connectivity index (χ1n) is 11.1. The van der Waals surface area contributed by atoms with E-state index < -0.39 is 12.1 Å². The van der Waals surface area contributed by atoms with Crippen LogP contribution in [0.4, 0.5) is 4.79 Å². The van der Waals surface area contributed by atoms with Crippen LogP contribution in [-0.2, 0) is 14.3 Å². The van der Waals surface area contributed by atoms with Crippen molar-refractivity contribution < 1.29 is 24.2 Å². The summed E-state index contributed by atoms with van der Waals surface area (Å²) in [5.74, 6) is -1.10. The Balaban J connectivity index is 1.31. The highest BCUT2D eigenvalue weighted by Crippen LogP contribution is 2.44. The van der Waals surface area contributed by atoms with E-state index >= 15 is 0 Å². The number of hydrogen-bond acceptors (Lipinski definition) is 4. The van der Waals surface area contributed by atoms with Crippen LogP contribution in [0, 0.1) is 0 Å². The van der Waals surface area contributed by atoms with Crippen LogP contribution in [0.15, 0.2) is 48.5 Å². The van der Waals surface area contributed by atoms with Gasteiger partial charge in [-0.3, -0.25) is 9.59 Å². The van der Waals surface area contributed by atoms with Gasteiger partial charge in [-0.05, 0) is 47.9 Å². The lowest BCUT2D eigenvalue weighted by Crippen LogP contribution is -2.48. The van der Waals surface area contributed by atoms with Crippen LogP contribution in [0.1, 0.15) is 49.1 Å². The number of benzene rings is 2. The van der Waals surface area contributed by atoms with Crippen LogP contribution in [0.2, 0.25) is 0 Å². The molecule has 0 spiro atoms. The van der Waals surface area contributed by atoms with Crippen LogP contribution < -0.4 is 5.32 Å². The first-order valence-corrected chi connectivity index (χ1v) is 11.1. The SMILES string of the molecule is O=C(O)CCC1CCCCN1C(=O)CNC(=O)OCC1c2ccccc2-c2ccccc21. The Morgan fingerprint density at radius 3 is 2.31 bits per heavy atom. The number of rotatable bonds is 7. The van der Waals surface area contributed by atoms with Gasteiger partial charge < -0.3 is 20.1 Å². The molecular formula is C25H28N2O5. The van der Waals surface area contributed by atoms with E-state index in [-0.39, 0.29) is 37.4 Å². The molecule has 0 bridgehead atoms. The van der Waals surface area contributed by atoms with Crippen molar-refractivity contribution in [3.8, 4) is 11.1 Å². The fourth-order valence-electron chi connectivity index (χ4n) is 4.82. The van der Waals surface area contributed by atoms with Gasteiger partial charge in [0, 0.05) is 24.9 Å². The molecule has 2 aromatic carbocycles. The maximum absolute atomic E-state index is 12.7. The summed E-state index contributed by atoms with van der Waals surface area (Å²) in [5.41, 5.74) is 4.58. The van der Waals surface area contributed by atoms with E-state index in [1.165, 1.54) is 0 Å². The highest BCUT2D eigenvalue weighted by atomic mass is 16.5. The van der Waals surface area contributed by atoms with Crippen LogP contribution in [-0.4, -0.2) is 53.7 Å². The summed E-state index contributed by atoms with van der Waals surface area (Å²) < 4.78 is 5.48. The van der Waals surface area contributed by atoms with Crippen molar-refractivity contribution in [3.63, 3.8) is 0 Å². The Labute approximate surface area is 187 Å². The zero-order valence-electron chi connectivity index (χ0n) is 18.0. The van der Waals surface area contributed by atoms with E-state index in [1.807, 2.05) is 24.3 Å². The number of aliphatic carboxylic acids is 1. The first kappa shape index (κ1) is 21.9. The predicted octanol–water partition coefficient (Wildman–Crippen LogP) is 3.77. The van der Waals surface area contributed by atoms with Gasteiger partial charge in [0.05, 0.1) is 0 Å². The summed E-state index contributed by atoms with van der Waals surface area (Å²) in [6.07, 6.45) is 2.51. The van der Waals surface area contributed by atoms with Crippen molar-refractivity contribution in [2.75, 3.05) is 19.7 Å². The smallest absolute Gasteiger partial charge is 0.407 e. The quantitative estimate of drug-likeness (QED) is 0.689. The van der Waals surface area contributed by atoms with Gasteiger partial charge in [0.1, 0.15) is 13.2 Å². The maximum Gasteiger partial charge on any atom is 0.407 e. The minimum absolute atomic E-state index is 0.0358. The van der Waals surface area contributed by atoms with E-state index in [9.17, 15) is 14.4 Å². The third-order valence-electron chi connectivity index (χ3n) is 6.37. The molecule has 0 aromatic heterocycles.